The van der Waals surface area contributed by atoms with Crippen LogP contribution in [0.25, 0.3) is 0 Å². The van der Waals surface area contributed by atoms with Crippen LogP contribution in [0.3, 0.4) is 0 Å². The second kappa shape index (κ2) is 16.0. The van der Waals surface area contributed by atoms with Gasteiger partial charge in [-0.3, -0.25) is 13.9 Å². The van der Waals surface area contributed by atoms with Crippen LogP contribution in [0.5, 0.6) is 5.75 Å². The second-order valence-corrected chi connectivity index (χ2v) is 13.7. The SMILES string of the molecule is CCOc1ccccc1N(CC(=O)N(CCc1ccccc1)[C@@H](C)C(=O)NC1CCCCC1)S(=O)(=O)c1ccc(SC)cc1. The number of ether oxygens (including phenoxy) is 1. The van der Waals surface area contributed by atoms with Gasteiger partial charge in [-0.05, 0) is 81.3 Å². The van der Waals surface area contributed by atoms with Crippen molar-refractivity contribution in [2.75, 3.05) is 30.3 Å². The Kier molecular flexibility index (Phi) is 12.1. The number of carbonyl (C=O) groups excluding carboxylic acids is 2. The van der Waals surface area contributed by atoms with Crippen LogP contribution in [-0.4, -0.2) is 63.2 Å². The van der Waals surface area contributed by atoms with Crippen molar-refractivity contribution in [3.63, 3.8) is 0 Å². The maximum atomic E-state index is 14.2. The molecule has 2 amide bonds. The van der Waals surface area contributed by atoms with Gasteiger partial charge < -0.3 is 15.0 Å². The van der Waals surface area contributed by atoms with Gasteiger partial charge in [0.2, 0.25) is 11.8 Å². The van der Waals surface area contributed by atoms with Crippen molar-refractivity contribution in [2.24, 2.45) is 0 Å². The van der Waals surface area contributed by atoms with Crippen molar-refractivity contribution < 1.29 is 22.7 Å². The van der Waals surface area contributed by atoms with E-state index in [4.69, 9.17) is 4.74 Å². The summed E-state index contributed by atoms with van der Waals surface area (Å²) < 4.78 is 35.3. The minimum atomic E-state index is -4.19. The highest BCUT2D eigenvalue weighted by molar-refractivity contribution is 7.98. The number of nitrogens with zero attached hydrogens (tertiary/aromatic N) is 2. The number of hydrogen-bond acceptors (Lipinski definition) is 6. The summed E-state index contributed by atoms with van der Waals surface area (Å²) in [5.41, 5.74) is 1.28. The van der Waals surface area contributed by atoms with E-state index >= 15 is 0 Å². The fourth-order valence-corrected chi connectivity index (χ4v) is 7.30. The largest absolute Gasteiger partial charge is 0.492 e. The van der Waals surface area contributed by atoms with E-state index in [2.05, 4.69) is 5.32 Å². The van der Waals surface area contributed by atoms with Crippen LogP contribution in [-0.2, 0) is 26.0 Å². The minimum absolute atomic E-state index is 0.0633. The third kappa shape index (κ3) is 8.57. The zero-order valence-electron chi connectivity index (χ0n) is 25.8. The number of hydrogen-bond donors (Lipinski definition) is 1. The molecule has 1 aliphatic carbocycles. The molecule has 1 saturated carbocycles. The third-order valence-corrected chi connectivity index (χ3v) is 10.5. The van der Waals surface area contributed by atoms with Gasteiger partial charge in [0.1, 0.15) is 18.3 Å². The van der Waals surface area contributed by atoms with Crippen LogP contribution in [0.15, 0.2) is 88.7 Å². The third-order valence-electron chi connectivity index (χ3n) is 7.96. The van der Waals surface area contributed by atoms with Crippen LogP contribution < -0.4 is 14.4 Å². The lowest BCUT2D eigenvalue weighted by molar-refractivity contribution is -0.139. The standard InChI is InChI=1S/C34H43N3O5S2/c1-4-42-32-18-12-11-17-31(32)37(44(40,41)30-21-19-29(43-3)20-22-30)25-33(38)36(24-23-27-13-7-5-8-14-27)26(2)34(39)35-28-15-9-6-10-16-28/h5,7-8,11-14,17-22,26,28H,4,6,9-10,15-16,23-25H2,1-3H3,(H,35,39)/t26-/m0/s1. The lowest BCUT2D eigenvalue weighted by Gasteiger charge is -2.33. The molecule has 10 heteroatoms. The molecule has 0 spiro atoms. The number of carbonyl (C=O) groups is 2. The molecule has 0 saturated heterocycles. The zero-order chi connectivity index (χ0) is 31.5. The van der Waals surface area contributed by atoms with Gasteiger partial charge in [0.05, 0.1) is 17.2 Å². The van der Waals surface area contributed by atoms with Gasteiger partial charge in [-0.15, -0.1) is 11.8 Å². The summed E-state index contributed by atoms with van der Waals surface area (Å²) in [4.78, 5) is 30.2. The molecule has 0 bridgehead atoms. The van der Waals surface area contributed by atoms with Gasteiger partial charge in [0.25, 0.3) is 10.0 Å². The maximum absolute atomic E-state index is 14.2. The normalized spacial score (nSPS) is 14.4. The smallest absolute Gasteiger partial charge is 0.264 e. The van der Waals surface area contributed by atoms with Crippen molar-refractivity contribution in [1.82, 2.24) is 10.2 Å². The topological polar surface area (TPSA) is 96.0 Å². The summed E-state index contributed by atoms with van der Waals surface area (Å²) in [6.45, 7) is 3.62. The van der Waals surface area contributed by atoms with E-state index < -0.39 is 28.5 Å². The lowest BCUT2D eigenvalue weighted by atomic mass is 9.95. The van der Waals surface area contributed by atoms with Gasteiger partial charge in [-0.2, -0.15) is 0 Å². The number of sulfonamides is 1. The summed E-state index contributed by atoms with van der Waals surface area (Å²) in [7, 11) is -4.19. The van der Waals surface area contributed by atoms with Gasteiger partial charge >= 0.3 is 0 Å². The number of para-hydroxylation sites is 2. The summed E-state index contributed by atoms with van der Waals surface area (Å²) in [5, 5.41) is 3.14. The number of nitrogens with one attached hydrogen (secondary N) is 1. The first-order valence-electron chi connectivity index (χ1n) is 15.3. The molecule has 1 aliphatic rings. The Morgan fingerprint density at radius 1 is 0.955 bits per heavy atom. The molecule has 0 aliphatic heterocycles. The molecule has 44 heavy (non-hydrogen) atoms. The van der Waals surface area contributed by atoms with E-state index in [0.717, 1.165) is 46.9 Å². The van der Waals surface area contributed by atoms with Crippen LogP contribution in [0, 0.1) is 0 Å². The maximum Gasteiger partial charge on any atom is 0.264 e. The number of thioether (sulfide) groups is 1. The van der Waals surface area contributed by atoms with Crippen LogP contribution >= 0.6 is 11.8 Å². The Morgan fingerprint density at radius 3 is 2.27 bits per heavy atom. The molecule has 4 rings (SSSR count). The summed E-state index contributed by atoms with van der Waals surface area (Å²) in [6.07, 6.45) is 7.59. The summed E-state index contributed by atoms with van der Waals surface area (Å²) in [5.74, 6) is -0.344. The van der Waals surface area contributed by atoms with Gasteiger partial charge in [-0.25, -0.2) is 8.42 Å². The molecule has 0 heterocycles. The molecule has 8 nitrogen and oxygen atoms in total. The molecule has 1 fully saturated rings. The number of anilines is 1. The zero-order valence-corrected chi connectivity index (χ0v) is 27.4. The first-order chi connectivity index (χ1) is 21.2. The molecule has 3 aromatic carbocycles. The number of benzene rings is 3. The average Bonchev–Trinajstić information content (AvgIpc) is 3.05. The molecule has 3 aromatic rings. The predicted molar refractivity (Wildman–Crippen MR) is 177 cm³/mol. The van der Waals surface area contributed by atoms with Crippen molar-refractivity contribution in [2.45, 2.75) is 74.2 Å². The Labute approximate surface area is 266 Å². The van der Waals surface area contributed by atoms with Crippen molar-refractivity contribution in [3.8, 4) is 5.75 Å². The first kappa shape index (κ1) is 33.4. The fraction of sp³-hybridized carbons (Fsp3) is 0.412. The summed E-state index contributed by atoms with van der Waals surface area (Å²) in [6, 6.07) is 22.4. The first-order valence-corrected chi connectivity index (χ1v) is 17.9. The van der Waals surface area contributed by atoms with Crippen LogP contribution in [0.1, 0.15) is 51.5 Å². The second-order valence-electron chi connectivity index (χ2n) is 10.9. The molecular formula is C34H43N3O5S2. The van der Waals surface area contributed by atoms with Gasteiger partial charge in [0, 0.05) is 17.5 Å². The van der Waals surface area contributed by atoms with E-state index in [0.29, 0.717) is 18.8 Å². The minimum Gasteiger partial charge on any atom is -0.492 e. The Balaban J connectivity index is 1.68. The van der Waals surface area contributed by atoms with Crippen molar-refractivity contribution >= 4 is 39.3 Å². The van der Waals surface area contributed by atoms with E-state index in [1.54, 1.807) is 55.5 Å². The van der Waals surface area contributed by atoms with E-state index in [9.17, 15) is 18.0 Å². The number of amides is 2. The molecule has 0 aromatic heterocycles. The van der Waals surface area contributed by atoms with Gasteiger partial charge in [-0.1, -0.05) is 61.7 Å². The highest BCUT2D eigenvalue weighted by atomic mass is 32.2. The van der Waals surface area contributed by atoms with E-state index in [1.165, 1.54) is 16.7 Å². The van der Waals surface area contributed by atoms with Crippen molar-refractivity contribution in [3.05, 3.63) is 84.4 Å². The quantitative estimate of drug-likeness (QED) is 0.221. The van der Waals surface area contributed by atoms with Crippen LogP contribution in [0.4, 0.5) is 5.69 Å². The van der Waals surface area contributed by atoms with Crippen molar-refractivity contribution in [1.29, 1.82) is 0 Å². The monoisotopic (exact) mass is 637 g/mol. The fourth-order valence-electron chi connectivity index (χ4n) is 5.47. The highest BCUT2D eigenvalue weighted by Gasteiger charge is 2.34. The molecular weight excluding hydrogens is 595 g/mol. The highest BCUT2D eigenvalue weighted by Crippen LogP contribution is 2.33. The molecule has 0 unspecified atom stereocenters. The Morgan fingerprint density at radius 2 is 1.61 bits per heavy atom. The van der Waals surface area contributed by atoms with E-state index in [1.807, 2.05) is 43.5 Å². The van der Waals surface area contributed by atoms with Gasteiger partial charge in [0.15, 0.2) is 0 Å². The Hall–Kier alpha value is -3.50. The molecule has 1 atom stereocenters. The summed E-state index contributed by atoms with van der Waals surface area (Å²) >= 11 is 1.51. The molecule has 1 N–H and O–H groups in total. The average molecular weight is 638 g/mol. The molecule has 236 valence electrons. The molecule has 0 radical (unpaired) electrons. The predicted octanol–water partition coefficient (Wildman–Crippen LogP) is 5.91. The van der Waals surface area contributed by atoms with Crippen LogP contribution in [0.2, 0.25) is 0 Å². The Bertz CT molecular complexity index is 1480. The van der Waals surface area contributed by atoms with E-state index in [-0.39, 0.29) is 29.1 Å². The lowest BCUT2D eigenvalue weighted by Crippen LogP contribution is -2.53. The number of rotatable bonds is 14.